The fraction of sp³-hybridized carbons (Fsp3) is 0.353. The van der Waals surface area contributed by atoms with E-state index in [0.717, 1.165) is 54.6 Å². The maximum absolute atomic E-state index is 4.52. The maximum atomic E-state index is 4.52. The minimum Gasteiger partial charge on any atom is -0.365 e. The van der Waals surface area contributed by atoms with Crippen molar-refractivity contribution < 1.29 is 0 Å². The van der Waals surface area contributed by atoms with Gasteiger partial charge in [0.2, 0.25) is 0 Å². The summed E-state index contributed by atoms with van der Waals surface area (Å²) in [4.78, 5) is 16.6. The molecule has 4 rings (SSSR count). The third-order valence-corrected chi connectivity index (χ3v) is 5.27. The van der Waals surface area contributed by atoms with E-state index in [2.05, 4.69) is 54.9 Å². The van der Waals surface area contributed by atoms with Crippen LogP contribution in [0.1, 0.15) is 11.1 Å². The van der Waals surface area contributed by atoms with Gasteiger partial charge >= 0.3 is 0 Å². The van der Waals surface area contributed by atoms with Gasteiger partial charge in [-0.25, -0.2) is 15.0 Å². The molecule has 0 unspecified atom stereocenters. The lowest BCUT2D eigenvalue weighted by molar-refractivity contribution is 0.585. The Kier molecular flexibility index (Phi) is 4.27. The minimum absolute atomic E-state index is 0.725. The number of thiophene rings is 1. The molecule has 0 saturated carbocycles. The van der Waals surface area contributed by atoms with Crippen LogP contribution in [-0.4, -0.2) is 41.1 Å². The second-order valence-electron chi connectivity index (χ2n) is 5.93. The molecule has 3 aromatic rings. The van der Waals surface area contributed by atoms with E-state index in [1.54, 1.807) is 17.7 Å². The summed E-state index contributed by atoms with van der Waals surface area (Å²) in [5.41, 5.74) is 2.42. The predicted molar refractivity (Wildman–Crippen MR) is 98.8 cm³/mol. The van der Waals surface area contributed by atoms with Crippen LogP contribution >= 0.6 is 11.3 Å². The molecule has 1 aliphatic heterocycles. The maximum Gasteiger partial charge on any atom is 0.138 e. The molecular formula is C17H20N6S. The highest BCUT2D eigenvalue weighted by Crippen LogP contribution is 2.28. The first kappa shape index (κ1) is 15.3. The van der Waals surface area contributed by atoms with Crippen LogP contribution in [0.5, 0.6) is 0 Å². The Labute approximate surface area is 145 Å². The van der Waals surface area contributed by atoms with Crippen molar-refractivity contribution in [2.24, 2.45) is 0 Å². The van der Waals surface area contributed by atoms with E-state index in [-0.39, 0.29) is 0 Å². The van der Waals surface area contributed by atoms with E-state index in [9.17, 15) is 0 Å². The molecule has 0 aromatic carbocycles. The number of fused-ring (bicyclic) bond motifs is 1. The van der Waals surface area contributed by atoms with E-state index < -0.39 is 0 Å². The molecule has 124 valence electrons. The van der Waals surface area contributed by atoms with Crippen molar-refractivity contribution in [3.05, 3.63) is 41.2 Å². The van der Waals surface area contributed by atoms with Gasteiger partial charge in [-0.05, 0) is 35.6 Å². The number of anilines is 2. The lowest BCUT2D eigenvalue weighted by Crippen LogP contribution is -2.43. The Morgan fingerprint density at radius 1 is 1.25 bits per heavy atom. The van der Waals surface area contributed by atoms with Gasteiger partial charge in [-0.15, -0.1) is 11.3 Å². The zero-order chi connectivity index (χ0) is 16.4. The predicted octanol–water partition coefficient (Wildman–Crippen LogP) is 2.42. The summed E-state index contributed by atoms with van der Waals surface area (Å²) >= 11 is 1.66. The molecule has 3 aromatic heterocycles. The Bertz CT molecular complexity index is 840. The summed E-state index contributed by atoms with van der Waals surface area (Å²) in [6, 6.07) is 4.22. The number of hydrogen-bond acceptors (Lipinski definition) is 7. The monoisotopic (exact) mass is 340 g/mol. The van der Waals surface area contributed by atoms with Crippen LogP contribution in [0.15, 0.2) is 30.0 Å². The van der Waals surface area contributed by atoms with Crippen LogP contribution in [0, 0.1) is 6.92 Å². The lowest BCUT2D eigenvalue weighted by atomic mass is 10.2. The van der Waals surface area contributed by atoms with Gasteiger partial charge in [-0.2, -0.15) is 0 Å². The molecular weight excluding hydrogens is 320 g/mol. The van der Waals surface area contributed by atoms with Gasteiger partial charge in [0, 0.05) is 38.9 Å². The van der Waals surface area contributed by atoms with Crippen molar-refractivity contribution in [3.63, 3.8) is 0 Å². The quantitative estimate of drug-likeness (QED) is 0.760. The number of nitrogens with one attached hydrogen (secondary N) is 2. The fourth-order valence-electron chi connectivity index (χ4n) is 2.97. The smallest absolute Gasteiger partial charge is 0.138 e. The molecule has 7 heteroatoms. The number of aromatic nitrogens is 3. The summed E-state index contributed by atoms with van der Waals surface area (Å²) < 4.78 is 0. The van der Waals surface area contributed by atoms with Crippen LogP contribution in [0.25, 0.3) is 10.2 Å². The van der Waals surface area contributed by atoms with E-state index in [0.29, 0.717) is 0 Å². The Balaban J connectivity index is 1.52. The lowest BCUT2D eigenvalue weighted by Gasteiger charge is -2.28. The van der Waals surface area contributed by atoms with Crippen molar-refractivity contribution in [3.8, 4) is 0 Å². The summed E-state index contributed by atoms with van der Waals surface area (Å²) in [7, 11) is 0. The minimum atomic E-state index is 0.725. The zero-order valence-electron chi connectivity index (χ0n) is 13.6. The molecule has 0 amide bonds. The number of rotatable bonds is 4. The average molecular weight is 340 g/mol. The van der Waals surface area contributed by atoms with Crippen molar-refractivity contribution >= 4 is 33.2 Å². The largest absolute Gasteiger partial charge is 0.365 e. The van der Waals surface area contributed by atoms with E-state index in [1.807, 2.05) is 6.20 Å². The molecule has 2 N–H and O–H groups in total. The van der Waals surface area contributed by atoms with Gasteiger partial charge < -0.3 is 15.5 Å². The molecule has 0 aliphatic carbocycles. The number of hydrogen-bond donors (Lipinski definition) is 2. The summed E-state index contributed by atoms with van der Waals surface area (Å²) in [6.45, 7) is 6.86. The van der Waals surface area contributed by atoms with Gasteiger partial charge in [0.15, 0.2) is 0 Å². The third-order valence-electron chi connectivity index (χ3n) is 4.27. The first-order valence-electron chi connectivity index (χ1n) is 8.14. The standard InChI is InChI=1S/C17H20N6S/c1-12-10-24-17-15(12)16(21-11-22-17)20-9-13-2-3-19-14(8-13)23-6-4-18-5-7-23/h2-3,8,10-11,18H,4-7,9H2,1H3,(H,20,21,22). The van der Waals surface area contributed by atoms with Gasteiger partial charge in [0.1, 0.15) is 22.8 Å². The average Bonchev–Trinajstić information content (AvgIpc) is 3.03. The van der Waals surface area contributed by atoms with Crippen LogP contribution in [-0.2, 0) is 6.54 Å². The number of aryl methyl sites for hydroxylation is 1. The van der Waals surface area contributed by atoms with Gasteiger partial charge in [-0.1, -0.05) is 0 Å². The highest BCUT2D eigenvalue weighted by molar-refractivity contribution is 7.17. The highest BCUT2D eigenvalue weighted by atomic mass is 32.1. The first-order chi connectivity index (χ1) is 11.8. The van der Waals surface area contributed by atoms with Crippen LogP contribution in [0.4, 0.5) is 11.6 Å². The zero-order valence-corrected chi connectivity index (χ0v) is 14.4. The highest BCUT2D eigenvalue weighted by Gasteiger charge is 2.12. The van der Waals surface area contributed by atoms with Gasteiger partial charge in [0.05, 0.1) is 5.39 Å². The van der Waals surface area contributed by atoms with E-state index in [1.165, 1.54) is 11.1 Å². The molecule has 0 radical (unpaired) electrons. The Morgan fingerprint density at radius 3 is 3.00 bits per heavy atom. The van der Waals surface area contributed by atoms with Crippen molar-refractivity contribution in [2.45, 2.75) is 13.5 Å². The molecule has 1 aliphatic rings. The van der Waals surface area contributed by atoms with Crippen LogP contribution in [0.2, 0.25) is 0 Å². The third kappa shape index (κ3) is 3.05. The summed E-state index contributed by atoms with van der Waals surface area (Å²) in [6.07, 6.45) is 3.51. The number of nitrogens with zero attached hydrogens (tertiary/aromatic N) is 4. The molecule has 24 heavy (non-hydrogen) atoms. The Morgan fingerprint density at radius 2 is 2.12 bits per heavy atom. The second kappa shape index (κ2) is 6.70. The fourth-order valence-corrected chi connectivity index (χ4v) is 3.86. The molecule has 1 fully saturated rings. The molecule has 1 saturated heterocycles. The van der Waals surface area contributed by atoms with Gasteiger partial charge in [0.25, 0.3) is 0 Å². The molecule has 4 heterocycles. The van der Waals surface area contributed by atoms with Crippen LogP contribution < -0.4 is 15.5 Å². The number of piperazine rings is 1. The van der Waals surface area contributed by atoms with Crippen LogP contribution in [0.3, 0.4) is 0 Å². The van der Waals surface area contributed by atoms with Crippen molar-refractivity contribution in [1.82, 2.24) is 20.3 Å². The molecule has 0 atom stereocenters. The second-order valence-corrected chi connectivity index (χ2v) is 6.79. The van der Waals surface area contributed by atoms with E-state index in [4.69, 9.17) is 0 Å². The summed E-state index contributed by atoms with van der Waals surface area (Å²) in [5.74, 6) is 1.95. The van der Waals surface area contributed by atoms with Crippen molar-refractivity contribution in [2.75, 3.05) is 36.4 Å². The van der Waals surface area contributed by atoms with E-state index >= 15 is 0 Å². The molecule has 0 bridgehead atoms. The normalized spacial score (nSPS) is 15.0. The summed E-state index contributed by atoms with van der Waals surface area (Å²) in [5, 5.41) is 10.1. The SMILES string of the molecule is Cc1csc2ncnc(NCc3ccnc(N4CCNCC4)c3)c12. The van der Waals surface area contributed by atoms with Crippen molar-refractivity contribution in [1.29, 1.82) is 0 Å². The molecule has 6 nitrogen and oxygen atoms in total. The first-order valence-corrected chi connectivity index (χ1v) is 9.02. The Hall–Kier alpha value is -2.25. The van der Waals surface area contributed by atoms with Gasteiger partial charge in [-0.3, -0.25) is 0 Å². The topological polar surface area (TPSA) is 66.0 Å². The molecule has 0 spiro atoms. The number of pyridine rings is 1.